The van der Waals surface area contributed by atoms with E-state index in [0.29, 0.717) is 0 Å². The minimum Gasteiger partial charge on any atom is -0.395 e. The summed E-state index contributed by atoms with van der Waals surface area (Å²) in [6, 6.07) is 0. The highest BCUT2D eigenvalue weighted by Gasteiger charge is 2.76. The normalized spacial score (nSPS) is 15.3. The van der Waals surface area contributed by atoms with Crippen molar-refractivity contribution < 1.29 is 54.2 Å². The van der Waals surface area contributed by atoms with E-state index in [1.807, 2.05) is 0 Å². The molecule has 12 nitrogen and oxygen atoms in total. The summed E-state index contributed by atoms with van der Waals surface area (Å²) in [6.45, 7) is -5.54. The van der Waals surface area contributed by atoms with Gasteiger partial charge in [-0.05, 0) is 0 Å². The molecule has 0 aliphatic heterocycles. The van der Waals surface area contributed by atoms with Crippen LogP contribution in [0, 0.1) is 5.41 Å². The Bertz CT molecular complexity index is 563. The zero-order valence-corrected chi connectivity index (χ0v) is 11.9. The Kier molecular flexibility index (Phi) is 5.32. The van der Waals surface area contributed by atoms with E-state index in [1.165, 1.54) is 0 Å². The summed E-state index contributed by atoms with van der Waals surface area (Å²) in [5.74, 6) is 0. The molecule has 0 aromatic heterocycles. The Balaban J connectivity index is 7.36. The predicted octanol–water partition coefficient (Wildman–Crippen LogP) is -3.73. The quantitative estimate of drug-likeness (QED) is 0.241. The first kappa shape index (κ1) is 19.6. The Morgan fingerprint density at radius 3 is 0.850 bits per heavy atom. The highest BCUT2D eigenvalue weighted by Crippen LogP contribution is 2.45. The molecule has 0 saturated carbocycles. The lowest BCUT2D eigenvalue weighted by Gasteiger charge is -2.39. The molecule has 122 valence electrons. The van der Waals surface area contributed by atoms with Gasteiger partial charge >= 0.3 is 33.8 Å². The van der Waals surface area contributed by atoms with Crippen molar-refractivity contribution in [3.8, 4) is 0 Å². The second-order valence-electron chi connectivity index (χ2n) is 3.74. The van der Waals surface area contributed by atoms with Crippen LogP contribution in [0.5, 0.6) is 0 Å². The Hall–Kier alpha value is -0.390. The van der Waals surface area contributed by atoms with E-state index in [-0.39, 0.29) is 0 Å². The minimum absolute atomic E-state index is 1.85. The molecule has 6 N–H and O–H groups in total. The van der Waals surface area contributed by atoms with Crippen LogP contribution in [-0.2, 0) is 30.4 Å². The third-order valence-corrected chi connectivity index (χ3v) is 9.70. The van der Waals surface area contributed by atoms with Gasteiger partial charge in [-0.25, -0.2) is 0 Å². The average Bonchev–Trinajstić information content (AvgIpc) is 2.19. The Morgan fingerprint density at radius 2 is 0.800 bits per heavy atom. The van der Waals surface area contributed by atoms with Crippen molar-refractivity contribution in [3.05, 3.63) is 0 Å². The van der Waals surface area contributed by atoms with Crippen LogP contribution >= 0.6 is 0 Å². The fourth-order valence-electron chi connectivity index (χ4n) is 1.66. The molecule has 0 aliphatic carbocycles. The maximum absolute atomic E-state index is 11.2. The third kappa shape index (κ3) is 2.44. The van der Waals surface area contributed by atoms with E-state index in [2.05, 4.69) is 0 Å². The van der Waals surface area contributed by atoms with Gasteiger partial charge in [-0.15, -0.1) is 0 Å². The Morgan fingerprint density at radius 1 is 0.600 bits per heavy atom. The molecule has 0 aromatic carbocycles. The third-order valence-electron chi connectivity index (χ3n) is 2.58. The van der Waals surface area contributed by atoms with Gasteiger partial charge in [0.15, 0.2) is 0 Å². The number of aliphatic hydroxyl groups is 3. The van der Waals surface area contributed by atoms with E-state index >= 15 is 0 Å². The van der Waals surface area contributed by atoms with Crippen molar-refractivity contribution in [2.24, 2.45) is 5.41 Å². The van der Waals surface area contributed by atoms with Crippen LogP contribution in [-0.4, -0.2) is 77.5 Å². The van der Waals surface area contributed by atoms with Gasteiger partial charge < -0.3 is 15.3 Å². The molecule has 20 heavy (non-hydrogen) atoms. The molecule has 0 unspecified atom stereocenters. The van der Waals surface area contributed by atoms with Crippen molar-refractivity contribution in [1.29, 1.82) is 0 Å². The van der Waals surface area contributed by atoms with E-state index in [4.69, 9.17) is 29.0 Å². The van der Waals surface area contributed by atoms with Gasteiger partial charge in [-0.1, -0.05) is 0 Å². The second kappa shape index (κ2) is 5.43. The number of rotatable bonds is 7. The van der Waals surface area contributed by atoms with Gasteiger partial charge in [0.1, 0.15) is 0 Å². The van der Waals surface area contributed by atoms with Crippen molar-refractivity contribution in [2.45, 2.75) is 3.41 Å². The lowest BCUT2D eigenvalue weighted by atomic mass is 9.93. The summed E-state index contributed by atoms with van der Waals surface area (Å²) in [7, 11) is -19.2. The van der Waals surface area contributed by atoms with E-state index in [0.717, 1.165) is 0 Å². The minimum atomic E-state index is -6.39. The first-order valence-electron chi connectivity index (χ1n) is 4.42. The molecule has 0 spiro atoms. The van der Waals surface area contributed by atoms with Gasteiger partial charge in [-0.2, -0.15) is 25.3 Å². The molecule has 0 aromatic rings. The summed E-state index contributed by atoms with van der Waals surface area (Å²) in [5, 5.41) is 26.9. The van der Waals surface area contributed by atoms with Crippen LogP contribution in [0.25, 0.3) is 0 Å². The Labute approximate surface area is 113 Å². The van der Waals surface area contributed by atoms with Crippen LogP contribution < -0.4 is 0 Å². The van der Waals surface area contributed by atoms with Crippen molar-refractivity contribution >= 4 is 30.4 Å². The van der Waals surface area contributed by atoms with Crippen molar-refractivity contribution in [2.75, 3.05) is 19.8 Å². The van der Waals surface area contributed by atoms with Gasteiger partial charge in [0.2, 0.25) is 0 Å². The van der Waals surface area contributed by atoms with Gasteiger partial charge in [-0.3, -0.25) is 13.7 Å². The lowest BCUT2D eigenvalue weighted by molar-refractivity contribution is 0.00331. The fraction of sp³-hybridized carbons (Fsp3) is 1.00. The number of hydrogen-bond acceptors (Lipinski definition) is 9. The molecule has 0 bridgehead atoms. The summed E-state index contributed by atoms with van der Waals surface area (Å²) in [4.78, 5) is 0. The van der Waals surface area contributed by atoms with Crippen LogP contribution in [0.3, 0.4) is 0 Å². The molecule has 0 amide bonds. The average molecular weight is 360 g/mol. The fourth-order valence-corrected chi connectivity index (χ4v) is 7.08. The van der Waals surface area contributed by atoms with Crippen LogP contribution in [0.1, 0.15) is 0 Å². The van der Waals surface area contributed by atoms with E-state index < -0.39 is 59.0 Å². The van der Waals surface area contributed by atoms with Gasteiger partial charge in [0.25, 0.3) is 0 Å². The van der Waals surface area contributed by atoms with Crippen LogP contribution in [0.2, 0.25) is 0 Å². The second-order valence-corrected chi connectivity index (χ2v) is 9.20. The SMILES string of the molecule is O=S(=O)(O)C(C(CO)(CO)CO)(S(=O)(=O)O)S(=O)(=O)O. The number of hydrogen-bond donors (Lipinski definition) is 6. The summed E-state index contributed by atoms with van der Waals surface area (Å²) >= 11 is 0. The topological polar surface area (TPSA) is 224 Å². The summed E-state index contributed by atoms with van der Waals surface area (Å²) in [5.41, 5.74) is -3.46. The molecular formula is C5H12O12S3. The largest absolute Gasteiger partial charge is 0.395 e. The number of aliphatic hydroxyl groups excluding tert-OH is 3. The maximum atomic E-state index is 11.2. The molecule has 0 fully saturated rings. The van der Waals surface area contributed by atoms with E-state index in [1.54, 1.807) is 0 Å². The lowest BCUT2D eigenvalue weighted by Crippen LogP contribution is -2.67. The summed E-state index contributed by atoms with van der Waals surface area (Å²) < 4.78 is 89.1. The van der Waals surface area contributed by atoms with Gasteiger partial charge in [0.05, 0.1) is 25.2 Å². The maximum Gasteiger partial charge on any atom is 0.357 e. The molecule has 0 heterocycles. The standard InChI is InChI=1S/C5H12O12S3/c6-1-4(2-7,3-8)5(18(9,10)11,19(12,13)14)20(15,16)17/h6-8H,1-3H2,(H,9,10,11)(H,12,13,14)(H,15,16,17). The van der Waals surface area contributed by atoms with Gasteiger partial charge in [0, 0.05) is 0 Å². The van der Waals surface area contributed by atoms with Crippen molar-refractivity contribution in [3.63, 3.8) is 0 Å². The molecule has 0 atom stereocenters. The molecular weight excluding hydrogens is 348 g/mol. The molecule has 0 saturated heterocycles. The molecule has 0 aliphatic rings. The highest BCUT2D eigenvalue weighted by molar-refractivity contribution is 8.21. The molecule has 15 heteroatoms. The zero-order valence-electron chi connectivity index (χ0n) is 9.48. The van der Waals surface area contributed by atoms with Crippen LogP contribution in [0.4, 0.5) is 0 Å². The first-order chi connectivity index (χ1) is 8.68. The first-order valence-corrected chi connectivity index (χ1v) is 8.74. The van der Waals surface area contributed by atoms with Crippen LogP contribution in [0.15, 0.2) is 0 Å². The molecule has 0 rings (SSSR count). The smallest absolute Gasteiger partial charge is 0.357 e. The zero-order chi connectivity index (χ0) is 16.6. The highest BCUT2D eigenvalue weighted by atomic mass is 32.3. The monoisotopic (exact) mass is 360 g/mol. The predicted molar refractivity (Wildman–Crippen MR) is 61.1 cm³/mol. The van der Waals surface area contributed by atoms with Crippen molar-refractivity contribution in [1.82, 2.24) is 0 Å². The molecule has 0 radical (unpaired) electrons. The summed E-state index contributed by atoms with van der Waals surface area (Å²) in [6.07, 6.45) is 0. The van der Waals surface area contributed by atoms with E-state index in [9.17, 15) is 25.3 Å².